The minimum atomic E-state index is -4.78. The molecule has 35 heavy (non-hydrogen) atoms. The van der Waals surface area contributed by atoms with Crippen LogP contribution in [-0.2, 0) is 14.9 Å². The molecule has 0 spiro atoms. The summed E-state index contributed by atoms with van der Waals surface area (Å²) in [7, 11) is -3.29. The van der Waals surface area contributed by atoms with E-state index < -0.39 is 26.5 Å². The van der Waals surface area contributed by atoms with Gasteiger partial charge in [-0.25, -0.2) is 0 Å². The molecule has 0 aliphatic rings. The molecular weight excluding hydrogens is 468 g/mol. The number of benzene rings is 2. The first-order chi connectivity index (χ1) is 16.5. The molecule has 0 aromatic heterocycles. The monoisotopic (exact) mass is 494 g/mol. The third-order valence-electron chi connectivity index (χ3n) is 4.67. The molecule has 0 heterocycles. The first-order valence-corrected chi connectivity index (χ1v) is 11.5. The van der Waals surface area contributed by atoms with Crippen LogP contribution in [0.3, 0.4) is 0 Å². The van der Waals surface area contributed by atoms with Crippen LogP contribution < -0.4 is 11.1 Å². The molecule has 2 aromatic carbocycles. The third kappa shape index (κ3) is 7.15. The van der Waals surface area contributed by atoms with E-state index in [1.165, 1.54) is 19.3 Å². The molecule has 0 atom stereocenters. The summed E-state index contributed by atoms with van der Waals surface area (Å²) in [5.74, 6) is 2.26. The zero-order chi connectivity index (χ0) is 26.2. The number of azo groups is 1. The van der Waals surface area contributed by atoms with E-state index in [4.69, 9.17) is 16.9 Å². The Morgan fingerprint density at radius 1 is 1.31 bits per heavy atom. The molecule has 0 bridgehead atoms. The third-order valence-corrected chi connectivity index (χ3v) is 5.54. The molecule has 0 aliphatic heterocycles. The van der Waals surface area contributed by atoms with Crippen molar-refractivity contribution in [1.82, 2.24) is 0 Å². The fraction of sp³-hybridized carbons (Fsp3) is 0.120. The van der Waals surface area contributed by atoms with Crippen LogP contribution in [0, 0.1) is 12.3 Å². The number of nitrogens with two attached hydrogens (primary N) is 1. The van der Waals surface area contributed by atoms with E-state index >= 15 is 0 Å². The zero-order valence-corrected chi connectivity index (χ0v) is 20.1. The molecule has 10 heteroatoms. The summed E-state index contributed by atoms with van der Waals surface area (Å²) in [5, 5.41) is 22.3. The fourth-order valence-electron chi connectivity index (χ4n) is 2.90. The van der Waals surface area contributed by atoms with Gasteiger partial charge in [-0.2, -0.15) is 8.42 Å². The number of rotatable bonds is 10. The van der Waals surface area contributed by atoms with E-state index in [1.54, 1.807) is 43.4 Å². The minimum absolute atomic E-state index is 0.223. The lowest BCUT2D eigenvalue weighted by Crippen LogP contribution is -2.00. The van der Waals surface area contributed by atoms with Gasteiger partial charge < -0.3 is 20.9 Å². The maximum Gasteiger partial charge on any atom is 0.296 e. The van der Waals surface area contributed by atoms with Gasteiger partial charge in [0, 0.05) is 29.4 Å². The molecule has 0 amide bonds. The predicted octanol–water partition coefficient (Wildman–Crippen LogP) is 4.94. The summed E-state index contributed by atoms with van der Waals surface area (Å²) in [4.78, 5) is -0.626. The second-order valence-corrected chi connectivity index (χ2v) is 8.55. The number of anilines is 1. The van der Waals surface area contributed by atoms with Gasteiger partial charge in [0.25, 0.3) is 10.1 Å². The normalized spacial score (nSPS) is 12.8. The van der Waals surface area contributed by atoms with Gasteiger partial charge in [0.2, 0.25) is 0 Å². The SMILES string of the molecule is C#C/C=C(N=Nc1c(S(=O)(=O)O)cc2cc(NC(=C)/C=C\C(=C)OC)ccc2c1O)\C(C)=C/CN. The minimum Gasteiger partial charge on any atom is -0.505 e. The lowest BCUT2D eigenvalue weighted by molar-refractivity contribution is 0.309. The number of terminal acetylenes is 1. The van der Waals surface area contributed by atoms with Gasteiger partial charge >= 0.3 is 0 Å². The number of nitrogens with one attached hydrogen (secondary N) is 1. The largest absolute Gasteiger partial charge is 0.505 e. The summed E-state index contributed by atoms with van der Waals surface area (Å²) in [6.07, 6.45) is 11.5. The number of nitrogens with zero attached hydrogens (tertiary/aromatic N) is 2. The molecule has 0 saturated heterocycles. The molecule has 9 nitrogen and oxygen atoms in total. The Morgan fingerprint density at radius 3 is 2.63 bits per heavy atom. The zero-order valence-electron chi connectivity index (χ0n) is 19.3. The average Bonchev–Trinajstić information content (AvgIpc) is 2.80. The number of hydrogen-bond donors (Lipinski definition) is 4. The van der Waals surface area contributed by atoms with Gasteiger partial charge in [-0.05, 0) is 54.3 Å². The molecule has 182 valence electrons. The molecule has 2 aromatic rings. The molecule has 5 N–H and O–H groups in total. The van der Waals surface area contributed by atoms with Crippen molar-refractivity contribution >= 4 is 32.3 Å². The van der Waals surface area contributed by atoms with Gasteiger partial charge in [0.05, 0.1) is 12.8 Å². The number of hydrogen-bond acceptors (Lipinski definition) is 8. The summed E-state index contributed by atoms with van der Waals surface area (Å²) >= 11 is 0. The van der Waals surface area contributed by atoms with Gasteiger partial charge in [-0.15, -0.1) is 16.7 Å². The van der Waals surface area contributed by atoms with Crippen LogP contribution in [0.15, 0.2) is 99.6 Å². The summed E-state index contributed by atoms with van der Waals surface area (Å²) in [6.45, 7) is 9.46. The molecular formula is C25H26N4O5S. The Morgan fingerprint density at radius 2 is 2.03 bits per heavy atom. The van der Waals surface area contributed by atoms with E-state index in [-0.39, 0.29) is 17.6 Å². The second-order valence-electron chi connectivity index (χ2n) is 7.16. The molecule has 2 rings (SSSR count). The average molecular weight is 495 g/mol. The maximum atomic E-state index is 12.1. The van der Waals surface area contributed by atoms with Crippen LogP contribution in [0.25, 0.3) is 10.8 Å². The summed E-state index contributed by atoms with van der Waals surface area (Å²) in [6, 6.07) is 5.97. The highest BCUT2D eigenvalue weighted by molar-refractivity contribution is 7.86. The highest BCUT2D eigenvalue weighted by Crippen LogP contribution is 2.42. The number of fused-ring (bicyclic) bond motifs is 1. The first-order valence-electron chi connectivity index (χ1n) is 10.1. The predicted molar refractivity (Wildman–Crippen MR) is 138 cm³/mol. The topological polar surface area (TPSA) is 147 Å². The highest BCUT2D eigenvalue weighted by atomic mass is 32.2. The molecule has 0 radical (unpaired) electrons. The lowest BCUT2D eigenvalue weighted by atomic mass is 10.1. The Kier molecular flexibility index (Phi) is 9.13. The van der Waals surface area contributed by atoms with Gasteiger partial charge in [-0.3, -0.25) is 4.55 Å². The molecule has 0 aliphatic carbocycles. The van der Waals surface area contributed by atoms with Crippen molar-refractivity contribution < 1.29 is 22.8 Å². The summed E-state index contributed by atoms with van der Waals surface area (Å²) in [5.41, 5.74) is 6.96. The maximum absolute atomic E-state index is 12.1. The Hall–Kier alpha value is -4.17. The van der Waals surface area contributed by atoms with Gasteiger partial charge in [0.1, 0.15) is 16.3 Å². The van der Waals surface area contributed by atoms with E-state index in [9.17, 15) is 18.1 Å². The van der Waals surface area contributed by atoms with Crippen LogP contribution in [0.2, 0.25) is 0 Å². The van der Waals surface area contributed by atoms with E-state index in [0.29, 0.717) is 28.1 Å². The molecule has 0 fully saturated rings. The number of methoxy groups -OCH3 is 1. The van der Waals surface area contributed by atoms with Crippen LogP contribution in [0.5, 0.6) is 5.75 Å². The number of phenolic OH excluding ortho intramolecular Hbond substituents is 1. The van der Waals surface area contributed by atoms with Gasteiger partial charge in [-0.1, -0.05) is 25.2 Å². The van der Waals surface area contributed by atoms with E-state index in [0.717, 1.165) is 0 Å². The van der Waals surface area contributed by atoms with Crippen molar-refractivity contribution in [3.63, 3.8) is 0 Å². The number of ether oxygens (including phenoxy) is 1. The number of phenols is 1. The Balaban J connectivity index is 2.59. The quantitative estimate of drug-likeness (QED) is 0.120. The van der Waals surface area contributed by atoms with Crippen molar-refractivity contribution in [3.05, 3.63) is 84.5 Å². The fourth-order valence-corrected chi connectivity index (χ4v) is 3.55. The Bertz CT molecular complexity index is 1430. The van der Waals surface area contributed by atoms with E-state index in [2.05, 4.69) is 34.6 Å². The molecule has 0 saturated carbocycles. The number of aromatic hydroxyl groups is 1. The first kappa shape index (κ1) is 27.1. The standard InChI is InChI=1S/C25H26N4O5S/c1-6-7-22(16(2)12-13-26)28-29-24-23(35(31,32)33)15-19-14-20(10-11-21(19)25(24)30)27-17(3)8-9-18(4)34-5/h1,7-12,14-15,27,30H,3-4,13,26H2,2,5H3,(H,31,32,33)/b9-8-,16-12-,22-7+,29-28?. The van der Waals surface area contributed by atoms with Crippen LogP contribution in [-0.4, -0.2) is 31.7 Å². The van der Waals surface area contributed by atoms with E-state index in [1.807, 2.05) is 0 Å². The summed E-state index contributed by atoms with van der Waals surface area (Å²) < 4.78 is 39.0. The van der Waals surface area contributed by atoms with Crippen molar-refractivity contribution in [2.24, 2.45) is 16.0 Å². The second kappa shape index (κ2) is 11.8. The smallest absolute Gasteiger partial charge is 0.296 e. The van der Waals surface area contributed by atoms with Crippen LogP contribution in [0.4, 0.5) is 11.4 Å². The van der Waals surface area contributed by atoms with Crippen LogP contribution >= 0.6 is 0 Å². The number of allylic oxidation sites excluding steroid dienone is 4. The lowest BCUT2D eigenvalue weighted by Gasteiger charge is -2.12. The van der Waals surface area contributed by atoms with Crippen molar-refractivity contribution in [3.8, 4) is 18.1 Å². The highest BCUT2D eigenvalue weighted by Gasteiger charge is 2.22. The van der Waals surface area contributed by atoms with Gasteiger partial charge in [0.15, 0.2) is 5.75 Å². The molecule has 0 unspecified atom stereocenters. The van der Waals surface area contributed by atoms with Crippen molar-refractivity contribution in [1.29, 1.82) is 0 Å². The Labute approximate surface area is 204 Å². The van der Waals surface area contributed by atoms with Crippen LogP contribution in [0.1, 0.15) is 6.92 Å². The van der Waals surface area contributed by atoms with Crippen molar-refractivity contribution in [2.45, 2.75) is 11.8 Å². The van der Waals surface area contributed by atoms with Crippen molar-refractivity contribution in [2.75, 3.05) is 19.0 Å².